The van der Waals surface area contributed by atoms with Crippen LogP contribution in [0.25, 0.3) is 0 Å². The summed E-state index contributed by atoms with van der Waals surface area (Å²) in [6.07, 6.45) is 4.34. The molecule has 7 heteroatoms. The number of aliphatic carboxylic acids is 1. The minimum atomic E-state index is -0.886. The number of hydrogen-bond acceptors (Lipinski definition) is 4. The van der Waals surface area contributed by atoms with Gasteiger partial charge in [0.15, 0.2) is 0 Å². The summed E-state index contributed by atoms with van der Waals surface area (Å²) >= 11 is 0. The number of nitrogens with one attached hydrogen (secondary N) is 1. The van der Waals surface area contributed by atoms with Crippen LogP contribution in [0.15, 0.2) is 36.9 Å². The minimum Gasteiger partial charge on any atom is -0.481 e. The molecule has 0 radical (unpaired) electrons. The van der Waals surface area contributed by atoms with E-state index in [4.69, 9.17) is 5.11 Å². The van der Waals surface area contributed by atoms with Crippen molar-refractivity contribution in [2.24, 2.45) is 11.8 Å². The van der Waals surface area contributed by atoms with Gasteiger partial charge in [0, 0.05) is 6.54 Å². The third kappa shape index (κ3) is 3.39. The maximum absolute atomic E-state index is 12.1. The van der Waals surface area contributed by atoms with Crippen molar-refractivity contribution in [1.82, 2.24) is 20.1 Å². The Morgan fingerprint density at radius 3 is 2.57 bits per heavy atom. The predicted molar refractivity (Wildman–Crippen MR) is 81.3 cm³/mol. The Hall–Kier alpha value is -2.70. The minimum absolute atomic E-state index is 0.181. The van der Waals surface area contributed by atoms with E-state index in [1.54, 1.807) is 11.0 Å². The van der Waals surface area contributed by atoms with Gasteiger partial charge in [0.1, 0.15) is 12.7 Å². The summed E-state index contributed by atoms with van der Waals surface area (Å²) in [6.45, 7) is 0.958. The third-order valence-corrected chi connectivity index (χ3v) is 4.30. The largest absolute Gasteiger partial charge is 0.481 e. The highest BCUT2D eigenvalue weighted by molar-refractivity contribution is 5.86. The molecule has 0 bridgehead atoms. The summed E-state index contributed by atoms with van der Waals surface area (Å²) in [5.41, 5.74) is 2.03. The molecule has 1 aliphatic rings. The molecule has 7 nitrogen and oxygen atoms in total. The summed E-state index contributed by atoms with van der Waals surface area (Å²) in [5, 5.41) is 16.0. The molecule has 0 saturated heterocycles. The van der Waals surface area contributed by atoms with Gasteiger partial charge in [0.2, 0.25) is 5.91 Å². The number of hydrogen-bond donors (Lipinski definition) is 2. The molecule has 2 atom stereocenters. The van der Waals surface area contributed by atoms with E-state index in [1.165, 1.54) is 6.33 Å². The summed E-state index contributed by atoms with van der Waals surface area (Å²) in [5.74, 6) is -2.02. The first-order valence-corrected chi connectivity index (χ1v) is 7.55. The smallest absolute Gasteiger partial charge is 0.307 e. The molecule has 120 valence electrons. The van der Waals surface area contributed by atoms with Crippen LogP contribution in [0.3, 0.4) is 0 Å². The Morgan fingerprint density at radius 2 is 1.96 bits per heavy atom. The molecule has 0 spiro atoms. The zero-order valence-corrected chi connectivity index (χ0v) is 12.6. The first kappa shape index (κ1) is 15.2. The number of amides is 1. The van der Waals surface area contributed by atoms with Gasteiger partial charge in [-0.3, -0.25) is 9.59 Å². The summed E-state index contributed by atoms with van der Waals surface area (Å²) in [7, 11) is 0. The van der Waals surface area contributed by atoms with E-state index in [-0.39, 0.29) is 5.91 Å². The van der Waals surface area contributed by atoms with Crippen LogP contribution < -0.4 is 5.32 Å². The molecule has 2 unspecified atom stereocenters. The topological polar surface area (TPSA) is 97.1 Å². The predicted octanol–water partition coefficient (Wildman–Crippen LogP) is 1.05. The van der Waals surface area contributed by atoms with Crippen molar-refractivity contribution in [2.45, 2.75) is 25.9 Å². The van der Waals surface area contributed by atoms with Gasteiger partial charge in [-0.1, -0.05) is 24.3 Å². The highest BCUT2D eigenvalue weighted by atomic mass is 16.4. The van der Waals surface area contributed by atoms with Crippen LogP contribution in [0.5, 0.6) is 0 Å². The fourth-order valence-corrected chi connectivity index (χ4v) is 2.80. The van der Waals surface area contributed by atoms with E-state index in [9.17, 15) is 9.59 Å². The fraction of sp³-hybridized carbons (Fsp3) is 0.375. The van der Waals surface area contributed by atoms with Crippen molar-refractivity contribution in [3.8, 4) is 0 Å². The Balaban J connectivity index is 1.62. The molecular weight excluding hydrogens is 296 g/mol. The standard InChI is InChI=1S/C16H18N4O3/c21-15(13-5-6-14(13)16(22)23)18-7-11-3-1-2-4-12(11)8-20-10-17-9-19-20/h1-4,9-10,13-14H,5-8H2,(H,18,21)(H,22,23). The quantitative estimate of drug-likeness (QED) is 0.831. The Bertz CT molecular complexity index is 699. The number of carbonyl (C=O) groups is 2. The van der Waals surface area contributed by atoms with Crippen molar-refractivity contribution >= 4 is 11.9 Å². The fourth-order valence-electron chi connectivity index (χ4n) is 2.80. The third-order valence-electron chi connectivity index (χ3n) is 4.30. The molecule has 0 aliphatic heterocycles. The van der Waals surface area contributed by atoms with E-state index in [0.29, 0.717) is 25.9 Å². The first-order valence-electron chi connectivity index (χ1n) is 7.55. The number of rotatable bonds is 6. The van der Waals surface area contributed by atoms with Crippen LogP contribution >= 0.6 is 0 Å². The van der Waals surface area contributed by atoms with Gasteiger partial charge >= 0.3 is 5.97 Å². The SMILES string of the molecule is O=C(O)C1CCC1C(=O)NCc1ccccc1Cn1cncn1. The summed E-state index contributed by atoms with van der Waals surface area (Å²) in [4.78, 5) is 27.1. The number of carboxylic acid groups (broad SMARTS) is 1. The molecular formula is C16H18N4O3. The van der Waals surface area contributed by atoms with Gasteiger partial charge in [-0.25, -0.2) is 9.67 Å². The maximum Gasteiger partial charge on any atom is 0.307 e. The second kappa shape index (κ2) is 6.60. The van der Waals surface area contributed by atoms with Gasteiger partial charge in [0.25, 0.3) is 0 Å². The lowest BCUT2D eigenvalue weighted by atomic mass is 9.73. The highest BCUT2D eigenvalue weighted by Crippen LogP contribution is 2.34. The molecule has 1 fully saturated rings. The van der Waals surface area contributed by atoms with Crippen LogP contribution in [0.2, 0.25) is 0 Å². The van der Waals surface area contributed by atoms with E-state index < -0.39 is 17.8 Å². The zero-order valence-electron chi connectivity index (χ0n) is 12.6. The number of carbonyl (C=O) groups excluding carboxylic acids is 1. The molecule has 3 rings (SSSR count). The number of benzene rings is 1. The number of carboxylic acids is 1. The Kier molecular flexibility index (Phi) is 4.36. The maximum atomic E-state index is 12.1. The van der Waals surface area contributed by atoms with E-state index in [1.807, 2.05) is 24.3 Å². The van der Waals surface area contributed by atoms with Crippen molar-refractivity contribution in [1.29, 1.82) is 0 Å². The molecule has 1 aromatic carbocycles. The lowest BCUT2D eigenvalue weighted by molar-refractivity contribution is -0.152. The average molecular weight is 314 g/mol. The van der Waals surface area contributed by atoms with Crippen molar-refractivity contribution in [3.63, 3.8) is 0 Å². The van der Waals surface area contributed by atoms with E-state index in [2.05, 4.69) is 15.4 Å². The van der Waals surface area contributed by atoms with Gasteiger partial charge < -0.3 is 10.4 Å². The molecule has 2 aromatic rings. The molecule has 1 heterocycles. The first-order chi connectivity index (χ1) is 11.1. The molecule has 1 saturated carbocycles. The molecule has 1 amide bonds. The van der Waals surface area contributed by atoms with Crippen molar-refractivity contribution in [2.75, 3.05) is 0 Å². The van der Waals surface area contributed by atoms with Crippen molar-refractivity contribution in [3.05, 3.63) is 48.0 Å². The second-order valence-electron chi connectivity index (χ2n) is 5.71. The van der Waals surface area contributed by atoms with Crippen LogP contribution in [0, 0.1) is 11.8 Å². The highest BCUT2D eigenvalue weighted by Gasteiger charge is 2.41. The second-order valence-corrected chi connectivity index (χ2v) is 5.71. The van der Waals surface area contributed by atoms with Crippen LogP contribution in [-0.2, 0) is 22.7 Å². The van der Waals surface area contributed by atoms with E-state index in [0.717, 1.165) is 11.1 Å². The number of nitrogens with zero attached hydrogens (tertiary/aromatic N) is 3. The molecule has 23 heavy (non-hydrogen) atoms. The summed E-state index contributed by atoms with van der Waals surface area (Å²) in [6, 6.07) is 7.77. The lowest BCUT2D eigenvalue weighted by Gasteiger charge is -2.32. The normalized spacial score (nSPS) is 19.8. The molecule has 2 N–H and O–H groups in total. The zero-order chi connectivity index (χ0) is 16.2. The lowest BCUT2D eigenvalue weighted by Crippen LogP contribution is -2.43. The van der Waals surface area contributed by atoms with Crippen LogP contribution in [0.4, 0.5) is 0 Å². The average Bonchev–Trinajstić information content (AvgIpc) is 2.97. The molecule has 1 aromatic heterocycles. The monoisotopic (exact) mass is 314 g/mol. The molecule has 1 aliphatic carbocycles. The Morgan fingerprint density at radius 1 is 1.22 bits per heavy atom. The van der Waals surface area contributed by atoms with Crippen LogP contribution in [-0.4, -0.2) is 31.7 Å². The summed E-state index contributed by atoms with van der Waals surface area (Å²) < 4.78 is 1.72. The number of aromatic nitrogens is 3. The van der Waals surface area contributed by atoms with E-state index >= 15 is 0 Å². The van der Waals surface area contributed by atoms with Gasteiger partial charge in [-0.2, -0.15) is 5.10 Å². The van der Waals surface area contributed by atoms with Crippen molar-refractivity contribution < 1.29 is 14.7 Å². The van der Waals surface area contributed by atoms with Gasteiger partial charge in [-0.15, -0.1) is 0 Å². The van der Waals surface area contributed by atoms with Gasteiger partial charge in [-0.05, 0) is 24.0 Å². The Labute approximate surface area is 133 Å². The van der Waals surface area contributed by atoms with Gasteiger partial charge in [0.05, 0.1) is 18.4 Å². The van der Waals surface area contributed by atoms with Crippen LogP contribution in [0.1, 0.15) is 24.0 Å².